The van der Waals surface area contributed by atoms with Crippen LogP contribution in [0.4, 0.5) is 4.79 Å². The summed E-state index contributed by atoms with van der Waals surface area (Å²) in [4.78, 5) is 35.7. The lowest BCUT2D eigenvalue weighted by Gasteiger charge is -2.38. The minimum absolute atomic E-state index is 0.209. The molecule has 1 fully saturated rings. The van der Waals surface area contributed by atoms with E-state index in [4.69, 9.17) is 9.84 Å². The largest absolute Gasteiger partial charge is 0.481 e. The second-order valence-electron chi connectivity index (χ2n) is 4.53. The van der Waals surface area contributed by atoms with E-state index in [0.717, 1.165) is 0 Å². The highest BCUT2D eigenvalue weighted by Crippen LogP contribution is 2.36. The smallest absolute Gasteiger partial charge is 0.409 e. The monoisotopic (exact) mass is 273 g/mol. The van der Waals surface area contributed by atoms with Gasteiger partial charge in [-0.2, -0.15) is 0 Å². The van der Waals surface area contributed by atoms with Crippen LogP contribution in [0.1, 0.15) is 26.2 Å². The molecule has 1 rings (SSSR count). The van der Waals surface area contributed by atoms with Crippen molar-refractivity contribution in [3.05, 3.63) is 0 Å². The predicted octanol–water partition coefficient (Wildman–Crippen LogP) is 0.873. The van der Waals surface area contributed by atoms with Crippen LogP contribution in [0.15, 0.2) is 0 Å². The lowest BCUT2D eigenvalue weighted by Crippen LogP contribution is -2.48. The number of hydrogen-bond acceptors (Lipinski definition) is 5. The van der Waals surface area contributed by atoms with Gasteiger partial charge in [0.1, 0.15) is 0 Å². The first-order valence-electron chi connectivity index (χ1n) is 6.17. The molecule has 1 amide bonds. The highest BCUT2D eigenvalue weighted by Gasteiger charge is 2.45. The van der Waals surface area contributed by atoms with Crippen molar-refractivity contribution in [2.45, 2.75) is 26.2 Å². The van der Waals surface area contributed by atoms with Crippen LogP contribution in [0.5, 0.6) is 0 Å². The second kappa shape index (κ2) is 6.40. The Kier molecular flexibility index (Phi) is 5.14. The van der Waals surface area contributed by atoms with Gasteiger partial charge in [-0.25, -0.2) is 4.79 Å². The second-order valence-corrected chi connectivity index (χ2v) is 4.53. The van der Waals surface area contributed by atoms with E-state index in [2.05, 4.69) is 4.74 Å². The Morgan fingerprint density at radius 3 is 2.26 bits per heavy atom. The zero-order valence-electron chi connectivity index (χ0n) is 11.2. The van der Waals surface area contributed by atoms with E-state index in [1.165, 1.54) is 12.0 Å². The molecule has 0 bridgehead atoms. The lowest BCUT2D eigenvalue weighted by molar-refractivity contribution is -0.163. The van der Waals surface area contributed by atoms with Crippen molar-refractivity contribution in [2.75, 3.05) is 26.8 Å². The van der Waals surface area contributed by atoms with Crippen molar-refractivity contribution in [3.63, 3.8) is 0 Å². The molecule has 0 aromatic carbocycles. The summed E-state index contributed by atoms with van der Waals surface area (Å²) in [5.74, 6) is -1.54. The van der Waals surface area contributed by atoms with Gasteiger partial charge in [0.25, 0.3) is 0 Å². The highest BCUT2D eigenvalue weighted by atomic mass is 16.5. The minimum Gasteiger partial charge on any atom is -0.481 e. The van der Waals surface area contributed by atoms with Gasteiger partial charge in [0.15, 0.2) is 0 Å². The number of piperidine rings is 1. The van der Waals surface area contributed by atoms with Gasteiger partial charge in [-0.05, 0) is 19.8 Å². The fourth-order valence-electron chi connectivity index (χ4n) is 2.27. The first-order chi connectivity index (χ1) is 8.95. The molecule has 1 N–H and O–H groups in total. The third-order valence-electron chi connectivity index (χ3n) is 3.35. The summed E-state index contributed by atoms with van der Waals surface area (Å²) in [7, 11) is 1.28. The highest BCUT2D eigenvalue weighted by molar-refractivity contribution is 5.83. The number of aliphatic carboxylic acids is 1. The zero-order valence-corrected chi connectivity index (χ0v) is 11.2. The van der Waals surface area contributed by atoms with E-state index >= 15 is 0 Å². The van der Waals surface area contributed by atoms with Crippen molar-refractivity contribution in [3.8, 4) is 0 Å². The lowest BCUT2D eigenvalue weighted by atomic mass is 9.75. The van der Waals surface area contributed by atoms with E-state index in [0.29, 0.717) is 13.1 Å². The van der Waals surface area contributed by atoms with Crippen LogP contribution in [0.25, 0.3) is 0 Å². The van der Waals surface area contributed by atoms with Crippen molar-refractivity contribution in [1.82, 2.24) is 4.90 Å². The molecule has 0 atom stereocenters. The minimum atomic E-state index is -1.04. The Hall–Kier alpha value is -1.79. The first kappa shape index (κ1) is 15.3. The van der Waals surface area contributed by atoms with Gasteiger partial charge in [0, 0.05) is 13.1 Å². The van der Waals surface area contributed by atoms with E-state index in [-0.39, 0.29) is 25.9 Å². The van der Waals surface area contributed by atoms with Gasteiger partial charge >= 0.3 is 18.0 Å². The molecular weight excluding hydrogens is 254 g/mol. The molecule has 1 saturated heterocycles. The summed E-state index contributed by atoms with van der Waals surface area (Å²) < 4.78 is 9.57. The predicted molar refractivity (Wildman–Crippen MR) is 64.5 cm³/mol. The van der Waals surface area contributed by atoms with E-state index in [1.807, 2.05) is 0 Å². The van der Waals surface area contributed by atoms with Gasteiger partial charge in [-0.15, -0.1) is 0 Å². The number of hydrogen-bond donors (Lipinski definition) is 1. The molecule has 7 heteroatoms. The Morgan fingerprint density at radius 2 is 1.84 bits per heavy atom. The molecule has 0 unspecified atom stereocenters. The van der Waals surface area contributed by atoms with Crippen molar-refractivity contribution < 1.29 is 29.0 Å². The number of nitrogens with zero attached hydrogens (tertiary/aromatic N) is 1. The molecule has 1 aliphatic heterocycles. The summed E-state index contributed by atoms with van der Waals surface area (Å²) >= 11 is 0. The van der Waals surface area contributed by atoms with Crippen LogP contribution >= 0.6 is 0 Å². The van der Waals surface area contributed by atoms with Gasteiger partial charge in [-0.3, -0.25) is 9.59 Å². The summed E-state index contributed by atoms with van der Waals surface area (Å²) in [5, 5.41) is 8.96. The summed E-state index contributed by atoms with van der Waals surface area (Å²) in [5.41, 5.74) is -1.04. The fourth-order valence-corrected chi connectivity index (χ4v) is 2.27. The quantitative estimate of drug-likeness (QED) is 0.764. The molecule has 0 aromatic rings. The molecule has 0 radical (unpaired) electrons. The van der Waals surface area contributed by atoms with Crippen LogP contribution in [-0.4, -0.2) is 54.8 Å². The summed E-state index contributed by atoms with van der Waals surface area (Å²) in [6.45, 7) is 2.47. The number of rotatable bonds is 4. The number of carbonyl (C=O) groups excluding carboxylic acids is 2. The average molecular weight is 273 g/mol. The molecule has 7 nitrogen and oxygen atoms in total. The molecule has 19 heavy (non-hydrogen) atoms. The fraction of sp³-hybridized carbons (Fsp3) is 0.750. The van der Waals surface area contributed by atoms with E-state index < -0.39 is 23.4 Å². The Bertz CT molecular complexity index is 359. The standard InChI is InChI=1S/C12H19NO6/c1-3-19-10(16)12(8-9(14)15)4-6-13(7-5-12)11(17)18-2/h3-8H2,1-2H3,(H,14,15). The van der Waals surface area contributed by atoms with Crippen LogP contribution in [0.3, 0.4) is 0 Å². The van der Waals surface area contributed by atoms with Crippen LogP contribution in [0.2, 0.25) is 0 Å². The number of carboxylic acids is 1. The van der Waals surface area contributed by atoms with Crippen molar-refractivity contribution >= 4 is 18.0 Å². The number of carbonyl (C=O) groups is 3. The van der Waals surface area contributed by atoms with E-state index in [1.54, 1.807) is 6.92 Å². The Labute approximate surface area is 111 Å². The van der Waals surface area contributed by atoms with Crippen LogP contribution in [-0.2, 0) is 19.1 Å². The average Bonchev–Trinajstić information content (AvgIpc) is 2.38. The van der Waals surface area contributed by atoms with Crippen molar-refractivity contribution in [2.24, 2.45) is 5.41 Å². The molecule has 0 aromatic heterocycles. The number of likely N-dealkylation sites (tertiary alicyclic amines) is 1. The Balaban J connectivity index is 2.77. The van der Waals surface area contributed by atoms with Crippen molar-refractivity contribution in [1.29, 1.82) is 0 Å². The number of carboxylic acid groups (broad SMARTS) is 1. The summed E-state index contributed by atoms with van der Waals surface area (Å²) in [6.07, 6.45) is -0.200. The number of ether oxygens (including phenoxy) is 2. The van der Waals surface area contributed by atoms with Crippen LogP contribution < -0.4 is 0 Å². The zero-order chi connectivity index (χ0) is 14.5. The third-order valence-corrected chi connectivity index (χ3v) is 3.35. The number of amides is 1. The molecular formula is C12H19NO6. The Morgan fingerprint density at radius 1 is 1.26 bits per heavy atom. The normalized spacial score (nSPS) is 17.7. The van der Waals surface area contributed by atoms with Gasteiger partial charge < -0.3 is 19.5 Å². The molecule has 108 valence electrons. The molecule has 1 aliphatic rings. The van der Waals surface area contributed by atoms with Gasteiger partial charge in [-0.1, -0.05) is 0 Å². The molecule has 1 heterocycles. The maximum atomic E-state index is 12.0. The molecule has 0 spiro atoms. The number of methoxy groups -OCH3 is 1. The molecule has 0 saturated carbocycles. The SMILES string of the molecule is CCOC(=O)C1(CC(=O)O)CCN(C(=O)OC)CC1. The van der Waals surface area contributed by atoms with Gasteiger partial charge in [0.05, 0.1) is 25.6 Å². The third kappa shape index (κ3) is 3.59. The number of esters is 1. The molecule has 0 aliphatic carbocycles. The van der Waals surface area contributed by atoms with Crippen LogP contribution in [0, 0.1) is 5.41 Å². The first-order valence-corrected chi connectivity index (χ1v) is 6.17. The summed E-state index contributed by atoms with van der Waals surface area (Å²) in [6, 6.07) is 0. The van der Waals surface area contributed by atoms with Gasteiger partial charge in [0.2, 0.25) is 0 Å². The maximum Gasteiger partial charge on any atom is 0.409 e. The maximum absolute atomic E-state index is 12.0. The topological polar surface area (TPSA) is 93.1 Å². The van der Waals surface area contributed by atoms with E-state index in [9.17, 15) is 14.4 Å².